The van der Waals surface area contributed by atoms with E-state index in [1.807, 2.05) is 31.2 Å². The fourth-order valence-electron chi connectivity index (χ4n) is 2.10. The van der Waals surface area contributed by atoms with E-state index in [2.05, 4.69) is 15.4 Å². The SMILES string of the molecule is CCCC(C)(N)C(=O)Nc1ccc(Cn2cncn2)cc1. The summed E-state index contributed by atoms with van der Waals surface area (Å²) in [6, 6.07) is 7.63. The largest absolute Gasteiger partial charge is 0.325 e. The van der Waals surface area contributed by atoms with Crippen molar-refractivity contribution < 1.29 is 4.79 Å². The van der Waals surface area contributed by atoms with E-state index < -0.39 is 5.54 Å². The third-order valence-electron chi connectivity index (χ3n) is 3.31. The molecule has 0 bridgehead atoms. The molecule has 6 nitrogen and oxygen atoms in total. The molecular weight excluding hydrogens is 266 g/mol. The van der Waals surface area contributed by atoms with Gasteiger partial charge in [-0.05, 0) is 31.0 Å². The normalized spacial score (nSPS) is 13.7. The summed E-state index contributed by atoms with van der Waals surface area (Å²) >= 11 is 0. The van der Waals surface area contributed by atoms with Crippen molar-refractivity contribution in [1.82, 2.24) is 14.8 Å². The Kier molecular flexibility index (Phi) is 4.70. The van der Waals surface area contributed by atoms with Crippen molar-refractivity contribution in [3.8, 4) is 0 Å². The fourth-order valence-corrected chi connectivity index (χ4v) is 2.10. The van der Waals surface area contributed by atoms with Gasteiger partial charge in [0.05, 0.1) is 12.1 Å². The summed E-state index contributed by atoms with van der Waals surface area (Å²) in [4.78, 5) is 16.0. The Morgan fingerprint density at radius 3 is 2.67 bits per heavy atom. The van der Waals surface area contributed by atoms with Gasteiger partial charge in [-0.2, -0.15) is 5.10 Å². The Morgan fingerprint density at radius 2 is 2.10 bits per heavy atom. The number of nitrogens with zero attached hydrogens (tertiary/aromatic N) is 3. The zero-order valence-corrected chi connectivity index (χ0v) is 12.4. The van der Waals surface area contributed by atoms with Crippen LogP contribution in [0.5, 0.6) is 0 Å². The average molecular weight is 287 g/mol. The van der Waals surface area contributed by atoms with Crippen LogP contribution in [0.3, 0.4) is 0 Å². The average Bonchev–Trinajstić information content (AvgIpc) is 2.94. The standard InChI is InChI=1S/C15H21N5O/c1-3-8-15(2,16)14(21)19-13-6-4-12(5-7-13)9-20-11-17-10-18-20/h4-7,10-11H,3,8-9,16H2,1-2H3,(H,19,21). The molecule has 1 amide bonds. The first kappa shape index (κ1) is 15.2. The van der Waals surface area contributed by atoms with E-state index in [4.69, 9.17) is 5.73 Å². The second kappa shape index (κ2) is 6.49. The third-order valence-corrected chi connectivity index (χ3v) is 3.31. The van der Waals surface area contributed by atoms with Gasteiger partial charge in [0.15, 0.2) is 0 Å². The van der Waals surface area contributed by atoms with Crippen LogP contribution in [0.15, 0.2) is 36.9 Å². The number of benzene rings is 1. The van der Waals surface area contributed by atoms with Crippen molar-refractivity contribution in [3.05, 3.63) is 42.5 Å². The van der Waals surface area contributed by atoms with Gasteiger partial charge in [0.1, 0.15) is 12.7 Å². The maximum atomic E-state index is 12.1. The monoisotopic (exact) mass is 287 g/mol. The number of amides is 1. The molecule has 0 aliphatic carbocycles. The quantitative estimate of drug-likeness (QED) is 0.848. The van der Waals surface area contributed by atoms with Gasteiger partial charge in [0, 0.05) is 5.69 Å². The predicted molar refractivity (Wildman–Crippen MR) is 81.7 cm³/mol. The van der Waals surface area contributed by atoms with Crippen molar-refractivity contribution >= 4 is 11.6 Å². The van der Waals surface area contributed by atoms with E-state index in [0.29, 0.717) is 13.0 Å². The van der Waals surface area contributed by atoms with Gasteiger partial charge in [-0.15, -0.1) is 0 Å². The van der Waals surface area contributed by atoms with Gasteiger partial charge in [-0.3, -0.25) is 4.79 Å². The Balaban J connectivity index is 1.97. The number of carbonyl (C=O) groups excluding carboxylic acids is 1. The molecule has 2 rings (SSSR count). The van der Waals surface area contributed by atoms with Crippen molar-refractivity contribution in [3.63, 3.8) is 0 Å². The van der Waals surface area contributed by atoms with E-state index in [9.17, 15) is 4.79 Å². The summed E-state index contributed by atoms with van der Waals surface area (Å²) in [6.45, 7) is 4.42. The molecule has 21 heavy (non-hydrogen) atoms. The molecule has 0 spiro atoms. The van der Waals surface area contributed by atoms with Gasteiger partial charge < -0.3 is 11.1 Å². The first-order valence-corrected chi connectivity index (χ1v) is 7.03. The molecular formula is C15H21N5O. The van der Waals surface area contributed by atoms with Crippen LogP contribution in [0.1, 0.15) is 32.3 Å². The highest BCUT2D eigenvalue weighted by Crippen LogP contribution is 2.15. The van der Waals surface area contributed by atoms with Gasteiger partial charge >= 0.3 is 0 Å². The molecule has 1 heterocycles. The maximum absolute atomic E-state index is 12.1. The molecule has 0 fully saturated rings. The third kappa shape index (κ3) is 4.13. The number of nitrogens with two attached hydrogens (primary N) is 1. The van der Waals surface area contributed by atoms with Crippen LogP contribution in [-0.2, 0) is 11.3 Å². The number of hydrogen-bond donors (Lipinski definition) is 2. The highest BCUT2D eigenvalue weighted by atomic mass is 16.2. The smallest absolute Gasteiger partial charge is 0.244 e. The first-order valence-electron chi connectivity index (χ1n) is 7.03. The first-order chi connectivity index (χ1) is 10.0. The van der Waals surface area contributed by atoms with Gasteiger partial charge in [0.2, 0.25) is 5.91 Å². The summed E-state index contributed by atoms with van der Waals surface area (Å²) < 4.78 is 1.74. The van der Waals surface area contributed by atoms with Gasteiger partial charge in [-0.1, -0.05) is 25.5 Å². The number of nitrogens with one attached hydrogen (secondary N) is 1. The number of aromatic nitrogens is 3. The minimum absolute atomic E-state index is 0.159. The molecule has 1 aromatic heterocycles. The van der Waals surface area contributed by atoms with E-state index in [0.717, 1.165) is 17.7 Å². The molecule has 3 N–H and O–H groups in total. The van der Waals surface area contributed by atoms with Crippen LogP contribution in [0.25, 0.3) is 0 Å². The molecule has 6 heteroatoms. The summed E-state index contributed by atoms with van der Waals surface area (Å²) in [5.74, 6) is -0.159. The highest BCUT2D eigenvalue weighted by Gasteiger charge is 2.26. The molecule has 1 atom stereocenters. The van der Waals surface area contributed by atoms with Crippen molar-refractivity contribution in [1.29, 1.82) is 0 Å². The van der Waals surface area contributed by atoms with Crippen LogP contribution in [-0.4, -0.2) is 26.2 Å². The lowest BCUT2D eigenvalue weighted by atomic mass is 9.96. The molecule has 2 aromatic rings. The Morgan fingerprint density at radius 1 is 1.38 bits per heavy atom. The van der Waals surface area contributed by atoms with Crippen molar-refractivity contribution in [2.24, 2.45) is 5.73 Å². The topological polar surface area (TPSA) is 85.8 Å². The van der Waals surface area contributed by atoms with E-state index in [1.165, 1.54) is 6.33 Å². The molecule has 0 saturated heterocycles. The van der Waals surface area contributed by atoms with Crippen LogP contribution in [0, 0.1) is 0 Å². The lowest BCUT2D eigenvalue weighted by Gasteiger charge is -2.22. The second-order valence-electron chi connectivity index (χ2n) is 5.41. The lowest BCUT2D eigenvalue weighted by Crippen LogP contribution is -2.48. The molecule has 112 valence electrons. The van der Waals surface area contributed by atoms with Gasteiger partial charge in [0.25, 0.3) is 0 Å². The molecule has 0 radical (unpaired) electrons. The lowest BCUT2D eigenvalue weighted by molar-refractivity contribution is -0.120. The Labute approximate surface area is 124 Å². The summed E-state index contributed by atoms with van der Waals surface area (Å²) in [5.41, 5.74) is 7.00. The van der Waals surface area contributed by atoms with Gasteiger partial charge in [-0.25, -0.2) is 9.67 Å². The number of rotatable bonds is 6. The molecule has 0 aliphatic rings. The second-order valence-corrected chi connectivity index (χ2v) is 5.41. The van der Waals surface area contributed by atoms with Crippen LogP contribution in [0.4, 0.5) is 5.69 Å². The zero-order valence-electron chi connectivity index (χ0n) is 12.4. The van der Waals surface area contributed by atoms with Crippen LogP contribution in [0.2, 0.25) is 0 Å². The van der Waals surface area contributed by atoms with Crippen molar-refractivity contribution in [2.45, 2.75) is 38.8 Å². The summed E-state index contributed by atoms with van der Waals surface area (Å²) in [5, 5.41) is 6.91. The van der Waals surface area contributed by atoms with E-state index in [-0.39, 0.29) is 5.91 Å². The highest BCUT2D eigenvalue weighted by molar-refractivity contribution is 5.97. The Hall–Kier alpha value is -2.21. The fraction of sp³-hybridized carbons (Fsp3) is 0.400. The number of carbonyl (C=O) groups is 1. The molecule has 1 unspecified atom stereocenters. The predicted octanol–water partition coefficient (Wildman–Crippen LogP) is 1.78. The minimum Gasteiger partial charge on any atom is -0.325 e. The summed E-state index contributed by atoms with van der Waals surface area (Å²) in [7, 11) is 0. The van der Waals surface area contributed by atoms with Crippen LogP contribution >= 0.6 is 0 Å². The number of anilines is 1. The van der Waals surface area contributed by atoms with E-state index in [1.54, 1.807) is 17.9 Å². The maximum Gasteiger partial charge on any atom is 0.244 e. The summed E-state index contributed by atoms with van der Waals surface area (Å²) in [6.07, 6.45) is 4.70. The molecule has 0 saturated carbocycles. The van der Waals surface area contributed by atoms with E-state index >= 15 is 0 Å². The Bertz CT molecular complexity index is 575. The van der Waals surface area contributed by atoms with Crippen molar-refractivity contribution in [2.75, 3.05) is 5.32 Å². The molecule has 0 aliphatic heterocycles. The van der Waals surface area contributed by atoms with Crippen LogP contribution < -0.4 is 11.1 Å². The molecule has 1 aromatic carbocycles. The minimum atomic E-state index is -0.839. The zero-order chi connectivity index (χ0) is 15.3. The number of hydrogen-bond acceptors (Lipinski definition) is 4.